The lowest BCUT2D eigenvalue weighted by Crippen LogP contribution is -2.47. The lowest BCUT2D eigenvalue weighted by atomic mass is 9.78. The van der Waals surface area contributed by atoms with Crippen molar-refractivity contribution in [1.82, 2.24) is 10.3 Å². The van der Waals surface area contributed by atoms with Crippen LogP contribution >= 0.6 is 15.9 Å². The minimum absolute atomic E-state index is 0.0179. The number of ether oxygens (including phenoxy) is 1. The number of anilines is 1. The highest BCUT2D eigenvalue weighted by Gasteiger charge is 2.39. The molecule has 5 nitrogen and oxygen atoms in total. The van der Waals surface area contributed by atoms with Crippen LogP contribution in [0.3, 0.4) is 0 Å². The fourth-order valence-electron chi connectivity index (χ4n) is 2.51. The molecule has 0 bridgehead atoms. The van der Waals surface area contributed by atoms with Gasteiger partial charge in [0.15, 0.2) is 0 Å². The zero-order valence-corrected chi connectivity index (χ0v) is 13.4. The van der Waals surface area contributed by atoms with E-state index in [1.807, 2.05) is 13.0 Å². The number of aryl methyl sites for hydroxylation is 1. The zero-order chi connectivity index (χ0) is 14.6. The Kier molecular flexibility index (Phi) is 5.12. The van der Waals surface area contributed by atoms with Crippen LogP contribution < -0.4 is 10.6 Å². The van der Waals surface area contributed by atoms with E-state index in [2.05, 4.69) is 31.5 Å². The molecule has 110 valence electrons. The van der Waals surface area contributed by atoms with Gasteiger partial charge in [-0.25, -0.2) is 4.98 Å². The number of rotatable bonds is 4. The molecular formula is C14H20BrN3O2. The second-order valence-corrected chi connectivity index (χ2v) is 6.00. The van der Waals surface area contributed by atoms with Gasteiger partial charge in [0.25, 0.3) is 0 Å². The highest BCUT2D eigenvalue weighted by atomic mass is 79.9. The normalized spacial score (nSPS) is 17.8. The largest absolute Gasteiger partial charge is 0.384 e. The van der Waals surface area contributed by atoms with Gasteiger partial charge in [-0.15, -0.1) is 0 Å². The molecule has 1 saturated heterocycles. The average Bonchev–Trinajstić information content (AvgIpc) is 2.44. The molecule has 1 aliphatic heterocycles. The Morgan fingerprint density at radius 3 is 2.85 bits per heavy atom. The molecule has 1 fully saturated rings. The van der Waals surface area contributed by atoms with Crippen LogP contribution in [0.4, 0.5) is 5.69 Å². The van der Waals surface area contributed by atoms with Gasteiger partial charge in [0.2, 0.25) is 5.91 Å². The molecule has 0 aliphatic carbocycles. The van der Waals surface area contributed by atoms with E-state index < -0.39 is 5.41 Å². The van der Waals surface area contributed by atoms with E-state index >= 15 is 0 Å². The highest BCUT2D eigenvalue weighted by Crippen LogP contribution is 2.31. The molecule has 0 spiro atoms. The first-order valence-electron chi connectivity index (χ1n) is 6.71. The molecule has 0 aromatic carbocycles. The maximum atomic E-state index is 12.6. The number of halogens is 1. The molecule has 1 aromatic rings. The van der Waals surface area contributed by atoms with E-state index in [0.29, 0.717) is 6.61 Å². The van der Waals surface area contributed by atoms with E-state index in [1.54, 1.807) is 13.3 Å². The summed E-state index contributed by atoms with van der Waals surface area (Å²) in [6, 6.07) is 1.91. The van der Waals surface area contributed by atoms with Gasteiger partial charge in [0.05, 0.1) is 23.9 Å². The maximum Gasteiger partial charge on any atom is 0.233 e. The summed E-state index contributed by atoms with van der Waals surface area (Å²) >= 11 is 3.36. The summed E-state index contributed by atoms with van der Waals surface area (Å²) in [5, 5.41) is 6.25. The summed E-state index contributed by atoms with van der Waals surface area (Å²) in [7, 11) is 1.64. The summed E-state index contributed by atoms with van der Waals surface area (Å²) < 4.78 is 6.07. The van der Waals surface area contributed by atoms with Crippen molar-refractivity contribution in [2.75, 3.05) is 32.1 Å². The van der Waals surface area contributed by atoms with E-state index in [4.69, 9.17) is 4.74 Å². The summed E-state index contributed by atoms with van der Waals surface area (Å²) in [6.07, 6.45) is 3.24. The topological polar surface area (TPSA) is 63.2 Å². The van der Waals surface area contributed by atoms with Crippen molar-refractivity contribution in [3.05, 3.63) is 22.4 Å². The lowest BCUT2D eigenvalue weighted by Gasteiger charge is -2.35. The van der Waals surface area contributed by atoms with Crippen LogP contribution in [0.25, 0.3) is 0 Å². The highest BCUT2D eigenvalue weighted by molar-refractivity contribution is 9.10. The number of amides is 1. The first-order chi connectivity index (χ1) is 9.57. The molecule has 0 radical (unpaired) electrons. The molecule has 2 heterocycles. The van der Waals surface area contributed by atoms with Crippen molar-refractivity contribution in [1.29, 1.82) is 0 Å². The average molecular weight is 342 g/mol. The van der Waals surface area contributed by atoms with Crippen LogP contribution in [0.5, 0.6) is 0 Å². The maximum absolute atomic E-state index is 12.6. The first-order valence-corrected chi connectivity index (χ1v) is 7.50. The molecule has 2 N–H and O–H groups in total. The number of aromatic nitrogens is 1. The second-order valence-electron chi connectivity index (χ2n) is 5.25. The van der Waals surface area contributed by atoms with Crippen LogP contribution in [0.15, 0.2) is 16.9 Å². The van der Waals surface area contributed by atoms with Crippen molar-refractivity contribution in [2.45, 2.75) is 19.8 Å². The number of methoxy groups -OCH3 is 1. The van der Waals surface area contributed by atoms with Gasteiger partial charge in [0.1, 0.15) is 4.60 Å². The molecule has 0 saturated carbocycles. The minimum atomic E-state index is -0.443. The van der Waals surface area contributed by atoms with E-state index in [9.17, 15) is 4.79 Å². The molecule has 6 heteroatoms. The van der Waals surface area contributed by atoms with Gasteiger partial charge < -0.3 is 15.4 Å². The Morgan fingerprint density at radius 1 is 1.55 bits per heavy atom. The van der Waals surface area contributed by atoms with Gasteiger partial charge in [-0.1, -0.05) is 0 Å². The van der Waals surface area contributed by atoms with Crippen LogP contribution in [0.1, 0.15) is 18.4 Å². The Hall–Kier alpha value is -0.980. The van der Waals surface area contributed by atoms with Gasteiger partial charge in [-0.2, -0.15) is 0 Å². The number of carbonyl (C=O) groups is 1. The predicted molar refractivity (Wildman–Crippen MR) is 81.7 cm³/mol. The van der Waals surface area contributed by atoms with Crippen molar-refractivity contribution in [3.63, 3.8) is 0 Å². The third-order valence-corrected chi connectivity index (χ3v) is 4.57. The molecule has 2 rings (SSSR count). The first kappa shape index (κ1) is 15.4. The van der Waals surface area contributed by atoms with E-state index in [-0.39, 0.29) is 5.91 Å². The molecule has 1 aromatic heterocycles. The quantitative estimate of drug-likeness (QED) is 0.823. The van der Waals surface area contributed by atoms with Gasteiger partial charge >= 0.3 is 0 Å². The number of nitrogens with one attached hydrogen (secondary N) is 2. The standard InChI is InChI=1S/C14H20BrN3O2/c1-10-7-11(8-17-12(10)15)18-13(19)14(9-20-2)3-5-16-6-4-14/h7-8,16H,3-6,9H2,1-2H3,(H,18,19). The monoisotopic (exact) mass is 341 g/mol. The Balaban J connectivity index is 2.13. The van der Waals surface area contributed by atoms with Gasteiger partial charge in [-0.05, 0) is 60.4 Å². The van der Waals surface area contributed by atoms with Crippen molar-refractivity contribution in [3.8, 4) is 0 Å². The van der Waals surface area contributed by atoms with Crippen molar-refractivity contribution < 1.29 is 9.53 Å². The lowest BCUT2D eigenvalue weighted by molar-refractivity contribution is -0.130. The van der Waals surface area contributed by atoms with Crippen molar-refractivity contribution >= 4 is 27.5 Å². The number of pyridine rings is 1. The summed E-state index contributed by atoms with van der Waals surface area (Å²) in [5.74, 6) is 0.0179. The minimum Gasteiger partial charge on any atom is -0.384 e. The summed E-state index contributed by atoms with van der Waals surface area (Å²) in [6.45, 7) is 4.08. The SMILES string of the molecule is COCC1(C(=O)Nc2cnc(Br)c(C)c2)CCNCC1. The molecule has 1 aliphatic rings. The van der Waals surface area contributed by atoms with Gasteiger partial charge in [-0.3, -0.25) is 4.79 Å². The Bertz CT molecular complexity index is 482. The van der Waals surface area contributed by atoms with Crippen LogP contribution in [0.2, 0.25) is 0 Å². The Labute approximate surface area is 127 Å². The van der Waals surface area contributed by atoms with Crippen LogP contribution in [0, 0.1) is 12.3 Å². The molecular weight excluding hydrogens is 322 g/mol. The third-order valence-electron chi connectivity index (χ3n) is 3.74. The number of piperidine rings is 1. The fourth-order valence-corrected chi connectivity index (χ4v) is 2.73. The number of hydrogen-bond acceptors (Lipinski definition) is 4. The molecule has 20 heavy (non-hydrogen) atoms. The summed E-state index contributed by atoms with van der Waals surface area (Å²) in [4.78, 5) is 16.8. The summed E-state index contributed by atoms with van der Waals surface area (Å²) in [5.41, 5.74) is 1.28. The molecule has 1 amide bonds. The van der Waals surface area contributed by atoms with E-state index in [1.165, 1.54) is 0 Å². The number of nitrogens with zero attached hydrogens (tertiary/aromatic N) is 1. The van der Waals surface area contributed by atoms with Crippen LogP contribution in [-0.4, -0.2) is 37.7 Å². The van der Waals surface area contributed by atoms with E-state index in [0.717, 1.165) is 41.8 Å². The zero-order valence-electron chi connectivity index (χ0n) is 11.8. The van der Waals surface area contributed by atoms with Gasteiger partial charge in [0, 0.05) is 7.11 Å². The predicted octanol–water partition coefficient (Wildman–Crippen LogP) is 2.11. The molecule has 0 unspecified atom stereocenters. The number of carbonyl (C=O) groups excluding carboxylic acids is 1. The molecule has 0 atom stereocenters. The fraction of sp³-hybridized carbons (Fsp3) is 0.571. The van der Waals surface area contributed by atoms with Crippen LogP contribution in [-0.2, 0) is 9.53 Å². The second kappa shape index (κ2) is 6.65. The smallest absolute Gasteiger partial charge is 0.233 e. The number of hydrogen-bond donors (Lipinski definition) is 2. The third kappa shape index (κ3) is 3.37. The Morgan fingerprint density at radius 2 is 2.25 bits per heavy atom. The van der Waals surface area contributed by atoms with Crippen molar-refractivity contribution in [2.24, 2.45) is 5.41 Å².